The van der Waals surface area contributed by atoms with Crippen LogP contribution in [0.1, 0.15) is 27.3 Å². The maximum absolute atomic E-state index is 12.7. The number of hydrogen-bond acceptors (Lipinski definition) is 4. The summed E-state index contributed by atoms with van der Waals surface area (Å²) >= 11 is 0. The van der Waals surface area contributed by atoms with Gasteiger partial charge >= 0.3 is 6.18 Å². The Hall–Kier alpha value is -2.33. The third-order valence-electron chi connectivity index (χ3n) is 3.50. The van der Waals surface area contributed by atoms with Gasteiger partial charge in [0.05, 0.1) is 5.56 Å². The van der Waals surface area contributed by atoms with Gasteiger partial charge in [0.2, 0.25) is 0 Å². The second-order valence-electron chi connectivity index (χ2n) is 5.04. The number of carbonyl (C=O) groups excluding carboxylic acids is 1. The molecule has 24 heavy (non-hydrogen) atoms. The molecular formula is C13H13ClF3N5O2. The number of alkyl halides is 3. The number of rotatable bonds is 2. The van der Waals surface area contributed by atoms with E-state index >= 15 is 0 Å². The molecule has 0 fully saturated rings. The SMILES string of the molecule is Cl.O=C(Nc1cc(C(F)(F)F)c[nH]c1=O)c1n[nH]c2c1CNCC2. The van der Waals surface area contributed by atoms with E-state index in [0.717, 1.165) is 12.2 Å². The van der Waals surface area contributed by atoms with Gasteiger partial charge in [-0.1, -0.05) is 0 Å². The fourth-order valence-corrected chi connectivity index (χ4v) is 2.33. The van der Waals surface area contributed by atoms with E-state index in [1.807, 2.05) is 4.98 Å². The summed E-state index contributed by atoms with van der Waals surface area (Å²) < 4.78 is 38.0. The van der Waals surface area contributed by atoms with E-state index < -0.39 is 28.9 Å². The van der Waals surface area contributed by atoms with Crippen LogP contribution in [0.5, 0.6) is 0 Å². The molecule has 0 aromatic carbocycles. The van der Waals surface area contributed by atoms with Crippen molar-refractivity contribution in [2.24, 2.45) is 0 Å². The molecule has 2 aromatic heterocycles. The second kappa shape index (κ2) is 6.65. The van der Waals surface area contributed by atoms with Gasteiger partial charge in [0.15, 0.2) is 5.69 Å². The summed E-state index contributed by atoms with van der Waals surface area (Å²) in [4.78, 5) is 25.8. The van der Waals surface area contributed by atoms with E-state index in [9.17, 15) is 22.8 Å². The third kappa shape index (κ3) is 3.44. The molecule has 0 radical (unpaired) electrons. The number of H-pyrrole nitrogens is 2. The van der Waals surface area contributed by atoms with Gasteiger partial charge in [-0.25, -0.2) is 0 Å². The van der Waals surface area contributed by atoms with Crippen molar-refractivity contribution in [1.82, 2.24) is 20.5 Å². The Morgan fingerprint density at radius 3 is 2.79 bits per heavy atom. The van der Waals surface area contributed by atoms with Gasteiger partial charge < -0.3 is 15.6 Å². The Labute approximate surface area is 139 Å². The van der Waals surface area contributed by atoms with Crippen molar-refractivity contribution in [2.75, 3.05) is 11.9 Å². The van der Waals surface area contributed by atoms with Crippen LogP contribution >= 0.6 is 12.4 Å². The zero-order valence-electron chi connectivity index (χ0n) is 12.1. The van der Waals surface area contributed by atoms with Gasteiger partial charge in [-0.3, -0.25) is 14.7 Å². The minimum Gasteiger partial charge on any atom is -0.327 e. The molecule has 130 valence electrons. The number of carbonyl (C=O) groups is 1. The quantitative estimate of drug-likeness (QED) is 0.648. The van der Waals surface area contributed by atoms with E-state index in [0.29, 0.717) is 30.8 Å². The number of aromatic nitrogens is 3. The van der Waals surface area contributed by atoms with Crippen LogP contribution in [0, 0.1) is 0 Å². The average Bonchev–Trinajstić information content (AvgIpc) is 2.92. The average molecular weight is 364 g/mol. The molecule has 11 heteroatoms. The molecule has 0 spiro atoms. The molecule has 7 nitrogen and oxygen atoms in total. The Bertz CT molecular complexity index is 815. The van der Waals surface area contributed by atoms with Crippen molar-refractivity contribution in [3.8, 4) is 0 Å². The Balaban J connectivity index is 0.00000208. The molecule has 0 saturated heterocycles. The smallest absolute Gasteiger partial charge is 0.327 e. The summed E-state index contributed by atoms with van der Waals surface area (Å²) in [6.45, 7) is 1.16. The molecule has 1 amide bonds. The van der Waals surface area contributed by atoms with Gasteiger partial charge in [-0.15, -0.1) is 12.4 Å². The number of aromatic amines is 2. The van der Waals surface area contributed by atoms with Crippen LogP contribution in [-0.2, 0) is 19.1 Å². The summed E-state index contributed by atoms with van der Waals surface area (Å²) in [6, 6.07) is 0.591. The third-order valence-corrected chi connectivity index (χ3v) is 3.50. The van der Waals surface area contributed by atoms with Crippen LogP contribution in [0.3, 0.4) is 0 Å². The molecule has 0 atom stereocenters. The number of hydrogen-bond donors (Lipinski definition) is 4. The number of halogens is 4. The van der Waals surface area contributed by atoms with Crippen molar-refractivity contribution in [1.29, 1.82) is 0 Å². The van der Waals surface area contributed by atoms with Gasteiger partial charge in [-0.2, -0.15) is 18.3 Å². The first-order valence-corrected chi connectivity index (χ1v) is 6.74. The molecule has 0 bridgehead atoms. The predicted octanol–water partition coefficient (Wildman–Crippen LogP) is 1.44. The van der Waals surface area contributed by atoms with E-state index in [4.69, 9.17) is 0 Å². The molecule has 1 aliphatic rings. The van der Waals surface area contributed by atoms with Crippen molar-refractivity contribution < 1.29 is 18.0 Å². The zero-order chi connectivity index (χ0) is 16.6. The van der Waals surface area contributed by atoms with Crippen molar-refractivity contribution >= 4 is 24.0 Å². The molecule has 0 aliphatic carbocycles. The highest BCUT2D eigenvalue weighted by molar-refractivity contribution is 6.04. The Morgan fingerprint density at radius 1 is 1.33 bits per heavy atom. The first kappa shape index (κ1) is 18.0. The van der Waals surface area contributed by atoms with Crippen LogP contribution in [0.15, 0.2) is 17.1 Å². The Morgan fingerprint density at radius 2 is 2.08 bits per heavy atom. The lowest BCUT2D eigenvalue weighted by Gasteiger charge is -2.13. The summed E-state index contributed by atoms with van der Waals surface area (Å²) in [5, 5.41) is 11.9. The fraction of sp³-hybridized carbons (Fsp3) is 0.308. The molecule has 2 aromatic rings. The molecule has 0 unspecified atom stereocenters. The largest absolute Gasteiger partial charge is 0.417 e. The van der Waals surface area contributed by atoms with Gasteiger partial charge in [0.1, 0.15) is 5.69 Å². The van der Waals surface area contributed by atoms with Crippen LogP contribution in [0.2, 0.25) is 0 Å². The summed E-state index contributed by atoms with van der Waals surface area (Å²) in [7, 11) is 0. The van der Waals surface area contributed by atoms with Crippen LogP contribution in [0.25, 0.3) is 0 Å². The first-order chi connectivity index (χ1) is 10.9. The molecule has 3 heterocycles. The van der Waals surface area contributed by atoms with Gasteiger partial charge in [-0.05, 0) is 6.07 Å². The number of nitrogens with one attached hydrogen (secondary N) is 4. The number of fused-ring (bicyclic) bond motifs is 1. The van der Waals surface area contributed by atoms with E-state index in [2.05, 4.69) is 20.8 Å². The molecule has 3 rings (SSSR count). The monoisotopic (exact) mass is 363 g/mol. The fourth-order valence-electron chi connectivity index (χ4n) is 2.33. The summed E-state index contributed by atoms with van der Waals surface area (Å²) in [5.41, 5.74) is -0.856. The molecule has 1 aliphatic heterocycles. The highest BCUT2D eigenvalue weighted by Gasteiger charge is 2.32. The lowest BCUT2D eigenvalue weighted by atomic mass is 10.1. The second-order valence-corrected chi connectivity index (χ2v) is 5.04. The maximum atomic E-state index is 12.7. The minimum absolute atomic E-state index is 0. The normalized spacial score (nSPS) is 13.8. The van der Waals surface area contributed by atoms with Crippen LogP contribution < -0.4 is 16.2 Å². The van der Waals surface area contributed by atoms with Crippen molar-refractivity contribution in [3.63, 3.8) is 0 Å². The molecular weight excluding hydrogens is 351 g/mol. The van der Waals surface area contributed by atoms with Crippen LogP contribution in [0.4, 0.5) is 18.9 Å². The van der Waals surface area contributed by atoms with Crippen molar-refractivity contribution in [3.05, 3.63) is 45.1 Å². The number of pyridine rings is 1. The number of nitrogens with zero attached hydrogens (tertiary/aromatic N) is 1. The summed E-state index contributed by atoms with van der Waals surface area (Å²) in [5.74, 6) is -0.740. The lowest BCUT2D eigenvalue weighted by molar-refractivity contribution is -0.137. The topological polar surface area (TPSA) is 103 Å². The minimum atomic E-state index is -4.63. The Kier molecular flexibility index (Phi) is 4.99. The maximum Gasteiger partial charge on any atom is 0.417 e. The number of anilines is 1. The highest BCUT2D eigenvalue weighted by atomic mass is 35.5. The lowest BCUT2D eigenvalue weighted by Crippen LogP contribution is -2.26. The highest BCUT2D eigenvalue weighted by Crippen LogP contribution is 2.29. The van der Waals surface area contributed by atoms with E-state index in [1.54, 1.807) is 0 Å². The van der Waals surface area contributed by atoms with E-state index in [-0.39, 0.29) is 18.1 Å². The first-order valence-electron chi connectivity index (χ1n) is 6.74. The van der Waals surface area contributed by atoms with Crippen LogP contribution in [-0.4, -0.2) is 27.6 Å². The standard InChI is InChI=1S/C13H12F3N5O2.ClH/c14-13(15,16)6-3-9(11(22)18-4-6)19-12(23)10-7-5-17-2-1-8(7)20-21-10;/h3-4,17H,1-2,5H2,(H,18,22)(H,19,23)(H,20,21);1H. The van der Waals surface area contributed by atoms with Gasteiger partial charge in [0, 0.05) is 37.0 Å². The van der Waals surface area contributed by atoms with Gasteiger partial charge in [0.25, 0.3) is 11.5 Å². The molecule has 0 saturated carbocycles. The molecule has 4 N–H and O–H groups in total. The summed E-state index contributed by atoms with van der Waals surface area (Å²) in [6.07, 6.45) is -3.41. The zero-order valence-corrected chi connectivity index (χ0v) is 12.9. The van der Waals surface area contributed by atoms with Crippen molar-refractivity contribution in [2.45, 2.75) is 19.1 Å². The van der Waals surface area contributed by atoms with E-state index in [1.165, 1.54) is 0 Å². The number of amides is 1. The predicted molar refractivity (Wildman–Crippen MR) is 81.3 cm³/mol.